The summed E-state index contributed by atoms with van der Waals surface area (Å²) in [5.41, 5.74) is 1.48. The molecule has 2 atom stereocenters. The maximum atomic E-state index is 3.77. The Labute approximate surface area is 124 Å². The van der Waals surface area contributed by atoms with Gasteiger partial charge in [0.2, 0.25) is 0 Å². The van der Waals surface area contributed by atoms with E-state index in [2.05, 4.69) is 68.2 Å². The molecule has 1 fully saturated rings. The van der Waals surface area contributed by atoms with E-state index in [4.69, 9.17) is 0 Å². The fourth-order valence-electron chi connectivity index (χ4n) is 3.02. The van der Waals surface area contributed by atoms with Crippen LogP contribution in [0.1, 0.15) is 39.7 Å². The highest BCUT2D eigenvalue weighted by Crippen LogP contribution is 2.25. The van der Waals surface area contributed by atoms with Gasteiger partial charge in [-0.2, -0.15) is 0 Å². The molecule has 0 radical (unpaired) electrons. The summed E-state index contributed by atoms with van der Waals surface area (Å²) in [5.74, 6) is 1.52. The molecule has 0 aromatic heterocycles. The second-order valence-electron chi connectivity index (χ2n) is 6.93. The van der Waals surface area contributed by atoms with Crippen LogP contribution in [0.25, 0.3) is 0 Å². The van der Waals surface area contributed by atoms with Crippen molar-refractivity contribution in [3.05, 3.63) is 35.9 Å². The molecular formula is C18H30N2. The first-order valence-electron chi connectivity index (χ1n) is 8.04. The Morgan fingerprint density at radius 2 is 1.90 bits per heavy atom. The van der Waals surface area contributed by atoms with Gasteiger partial charge in [0.25, 0.3) is 0 Å². The summed E-state index contributed by atoms with van der Waals surface area (Å²) in [5, 5.41) is 3.77. The lowest BCUT2D eigenvalue weighted by Crippen LogP contribution is -2.47. The van der Waals surface area contributed by atoms with Crippen LogP contribution in [0.3, 0.4) is 0 Å². The van der Waals surface area contributed by atoms with E-state index in [0.29, 0.717) is 0 Å². The van der Waals surface area contributed by atoms with Gasteiger partial charge in [0.1, 0.15) is 0 Å². The van der Waals surface area contributed by atoms with E-state index in [-0.39, 0.29) is 5.54 Å². The molecule has 0 spiro atoms. The normalized spacial score (nSPS) is 26.4. The topological polar surface area (TPSA) is 15.3 Å². The predicted molar refractivity (Wildman–Crippen MR) is 86.9 cm³/mol. The SMILES string of the molecule is CC(C)C(C)CN1CCCNC(C)(c2ccccc2)C1. The third kappa shape index (κ3) is 3.83. The first-order valence-corrected chi connectivity index (χ1v) is 8.04. The lowest BCUT2D eigenvalue weighted by Gasteiger charge is -2.35. The van der Waals surface area contributed by atoms with Gasteiger partial charge >= 0.3 is 0 Å². The molecule has 2 heteroatoms. The molecular weight excluding hydrogens is 244 g/mol. The van der Waals surface area contributed by atoms with Crippen LogP contribution in [0, 0.1) is 11.8 Å². The molecule has 1 N–H and O–H groups in total. The molecule has 1 aromatic carbocycles. The second kappa shape index (κ2) is 6.73. The zero-order valence-electron chi connectivity index (χ0n) is 13.5. The van der Waals surface area contributed by atoms with Crippen LogP contribution in [0.15, 0.2) is 30.3 Å². The minimum atomic E-state index is 0.0778. The van der Waals surface area contributed by atoms with Crippen LogP contribution in [-0.4, -0.2) is 31.1 Å². The number of nitrogens with one attached hydrogen (secondary N) is 1. The van der Waals surface area contributed by atoms with Crippen molar-refractivity contribution in [3.63, 3.8) is 0 Å². The van der Waals surface area contributed by atoms with Gasteiger partial charge in [0.15, 0.2) is 0 Å². The number of hydrogen-bond acceptors (Lipinski definition) is 2. The molecule has 0 aliphatic carbocycles. The summed E-state index contributed by atoms with van der Waals surface area (Å²) >= 11 is 0. The molecule has 20 heavy (non-hydrogen) atoms. The summed E-state index contributed by atoms with van der Waals surface area (Å²) in [6.45, 7) is 14.0. The van der Waals surface area contributed by atoms with E-state index in [1.807, 2.05) is 0 Å². The highest BCUT2D eigenvalue weighted by molar-refractivity contribution is 5.24. The Kier molecular flexibility index (Phi) is 5.22. The summed E-state index contributed by atoms with van der Waals surface area (Å²) in [4.78, 5) is 2.65. The molecule has 0 amide bonds. The molecule has 1 aliphatic heterocycles. The van der Waals surface area contributed by atoms with Crippen LogP contribution < -0.4 is 5.32 Å². The second-order valence-corrected chi connectivity index (χ2v) is 6.93. The fourth-order valence-corrected chi connectivity index (χ4v) is 3.02. The molecule has 112 valence electrons. The lowest BCUT2D eigenvalue weighted by atomic mass is 9.90. The molecule has 1 aromatic rings. The molecule has 1 heterocycles. The molecule has 2 unspecified atom stereocenters. The van der Waals surface area contributed by atoms with Gasteiger partial charge in [0, 0.05) is 13.1 Å². The molecule has 0 bridgehead atoms. The number of nitrogens with zero attached hydrogens (tertiary/aromatic N) is 1. The average molecular weight is 274 g/mol. The van der Waals surface area contributed by atoms with E-state index in [1.54, 1.807) is 0 Å². The van der Waals surface area contributed by atoms with Crippen molar-refractivity contribution in [1.82, 2.24) is 10.2 Å². The quantitative estimate of drug-likeness (QED) is 0.904. The highest BCUT2D eigenvalue weighted by Gasteiger charge is 2.31. The molecule has 0 saturated carbocycles. The van der Waals surface area contributed by atoms with Crippen molar-refractivity contribution in [2.75, 3.05) is 26.2 Å². The summed E-state index contributed by atoms with van der Waals surface area (Å²) in [7, 11) is 0. The lowest BCUT2D eigenvalue weighted by molar-refractivity contribution is 0.179. The molecule has 2 nitrogen and oxygen atoms in total. The zero-order valence-corrected chi connectivity index (χ0v) is 13.5. The first kappa shape index (κ1) is 15.5. The minimum Gasteiger partial charge on any atom is -0.307 e. The Morgan fingerprint density at radius 3 is 2.55 bits per heavy atom. The molecule has 2 rings (SSSR count). The average Bonchev–Trinajstić information content (AvgIpc) is 2.62. The Balaban J connectivity index is 2.10. The van der Waals surface area contributed by atoms with Crippen LogP contribution in [0.4, 0.5) is 0 Å². The minimum absolute atomic E-state index is 0.0778. The van der Waals surface area contributed by atoms with Crippen molar-refractivity contribution in [2.24, 2.45) is 11.8 Å². The van der Waals surface area contributed by atoms with Crippen LogP contribution in [-0.2, 0) is 5.54 Å². The van der Waals surface area contributed by atoms with Crippen LogP contribution >= 0.6 is 0 Å². The predicted octanol–water partition coefficient (Wildman–Crippen LogP) is 3.49. The largest absolute Gasteiger partial charge is 0.307 e. The van der Waals surface area contributed by atoms with Gasteiger partial charge < -0.3 is 10.2 Å². The Bertz CT molecular complexity index is 401. The van der Waals surface area contributed by atoms with Crippen LogP contribution in [0.5, 0.6) is 0 Å². The number of rotatable bonds is 4. The van der Waals surface area contributed by atoms with Crippen molar-refractivity contribution in [1.29, 1.82) is 0 Å². The number of hydrogen-bond donors (Lipinski definition) is 1. The molecule has 1 saturated heterocycles. The van der Waals surface area contributed by atoms with Crippen LogP contribution in [0.2, 0.25) is 0 Å². The van der Waals surface area contributed by atoms with Crippen molar-refractivity contribution >= 4 is 0 Å². The summed E-state index contributed by atoms with van der Waals surface area (Å²) in [6, 6.07) is 10.9. The maximum absolute atomic E-state index is 3.77. The molecule has 1 aliphatic rings. The van der Waals surface area contributed by atoms with Gasteiger partial charge in [-0.25, -0.2) is 0 Å². The number of benzene rings is 1. The fraction of sp³-hybridized carbons (Fsp3) is 0.667. The zero-order chi connectivity index (χ0) is 14.6. The summed E-state index contributed by atoms with van der Waals surface area (Å²) in [6.07, 6.45) is 1.24. The Morgan fingerprint density at radius 1 is 1.20 bits per heavy atom. The van der Waals surface area contributed by atoms with E-state index in [0.717, 1.165) is 24.9 Å². The Hall–Kier alpha value is -0.860. The highest BCUT2D eigenvalue weighted by atomic mass is 15.2. The third-order valence-electron chi connectivity index (χ3n) is 4.80. The smallest absolute Gasteiger partial charge is 0.0534 e. The van der Waals surface area contributed by atoms with Crippen molar-refractivity contribution in [2.45, 2.75) is 39.7 Å². The van der Waals surface area contributed by atoms with Gasteiger partial charge in [-0.05, 0) is 43.8 Å². The van der Waals surface area contributed by atoms with Crippen molar-refractivity contribution < 1.29 is 0 Å². The maximum Gasteiger partial charge on any atom is 0.0534 e. The third-order valence-corrected chi connectivity index (χ3v) is 4.80. The van der Waals surface area contributed by atoms with E-state index < -0.39 is 0 Å². The van der Waals surface area contributed by atoms with Gasteiger partial charge in [0.05, 0.1) is 5.54 Å². The standard InChI is InChI=1S/C18H30N2/c1-15(2)16(3)13-20-12-8-11-19-18(4,14-20)17-9-6-5-7-10-17/h5-7,9-10,15-16,19H,8,11-14H2,1-4H3. The monoisotopic (exact) mass is 274 g/mol. The van der Waals surface area contributed by atoms with Crippen molar-refractivity contribution in [3.8, 4) is 0 Å². The van der Waals surface area contributed by atoms with Gasteiger partial charge in [-0.1, -0.05) is 51.1 Å². The van der Waals surface area contributed by atoms with E-state index >= 15 is 0 Å². The van der Waals surface area contributed by atoms with E-state index in [1.165, 1.54) is 25.1 Å². The van der Waals surface area contributed by atoms with Gasteiger partial charge in [-0.15, -0.1) is 0 Å². The summed E-state index contributed by atoms with van der Waals surface area (Å²) < 4.78 is 0. The van der Waals surface area contributed by atoms with Gasteiger partial charge in [-0.3, -0.25) is 0 Å². The first-order chi connectivity index (χ1) is 9.51. The van der Waals surface area contributed by atoms with E-state index in [9.17, 15) is 0 Å².